The van der Waals surface area contributed by atoms with Gasteiger partial charge in [-0.05, 0) is 56.4 Å². The van der Waals surface area contributed by atoms with Crippen molar-refractivity contribution in [3.63, 3.8) is 0 Å². The lowest BCUT2D eigenvalue weighted by atomic mass is 9.82. The van der Waals surface area contributed by atoms with E-state index in [9.17, 15) is 4.79 Å². The molecule has 146 valence electrons. The Bertz CT molecular complexity index is 409. The minimum atomic E-state index is 0.286. The van der Waals surface area contributed by atoms with Crippen LogP contribution < -0.4 is 0 Å². The van der Waals surface area contributed by atoms with Crippen molar-refractivity contribution >= 4 is 5.91 Å². The van der Waals surface area contributed by atoms with E-state index in [0.717, 1.165) is 64.4 Å². The number of amides is 1. The van der Waals surface area contributed by atoms with Crippen LogP contribution in [0.3, 0.4) is 0 Å². The van der Waals surface area contributed by atoms with E-state index in [1.165, 1.54) is 25.8 Å². The van der Waals surface area contributed by atoms with Crippen LogP contribution >= 0.6 is 0 Å². The summed E-state index contributed by atoms with van der Waals surface area (Å²) in [6, 6.07) is 0. The summed E-state index contributed by atoms with van der Waals surface area (Å²) in [6.45, 7) is 15.5. The molecule has 2 rings (SSSR count). The van der Waals surface area contributed by atoms with Gasteiger partial charge in [0.15, 0.2) is 0 Å². The molecular formula is C21H40N2O2. The summed E-state index contributed by atoms with van der Waals surface area (Å²) in [4.78, 5) is 16.3. The molecule has 0 aromatic carbocycles. The highest BCUT2D eigenvalue weighted by Gasteiger charge is 2.28. The third-order valence-electron chi connectivity index (χ3n) is 5.71. The van der Waals surface area contributed by atoms with Crippen molar-refractivity contribution in [2.75, 3.05) is 39.3 Å². The van der Waals surface area contributed by atoms with Gasteiger partial charge in [0.05, 0.1) is 12.7 Å². The summed E-state index contributed by atoms with van der Waals surface area (Å²) >= 11 is 0. The molecule has 0 bridgehead atoms. The molecule has 1 amide bonds. The number of carbonyl (C=O) groups excluding carboxylic acids is 1. The highest BCUT2D eigenvalue weighted by atomic mass is 16.5. The first-order valence-electron chi connectivity index (χ1n) is 10.5. The van der Waals surface area contributed by atoms with Gasteiger partial charge in [-0.1, -0.05) is 27.7 Å². The predicted molar refractivity (Wildman–Crippen MR) is 104 cm³/mol. The largest absolute Gasteiger partial charge is 0.376 e. The molecule has 0 aromatic heterocycles. The van der Waals surface area contributed by atoms with Crippen LogP contribution in [0.15, 0.2) is 0 Å². The maximum Gasteiger partial charge on any atom is 0.222 e. The molecule has 2 aliphatic heterocycles. The molecule has 0 N–H and O–H groups in total. The molecular weight excluding hydrogens is 312 g/mol. The number of hydrogen-bond acceptors (Lipinski definition) is 3. The lowest BCUT2D eigenvalue weighted by Gasteiger charge is -2.37. The van der Waals surface area contributed by atoms with Crippen LogP contribution in [0.25, 0.3) is 0 Å². The van der Waals surface area contributed by atoms with Gasteiger partial charge < -0.3 is 9.64 Å². The van der Waals surface area contributed by atoms with E-state index in [2.05, 4.69) is 32.6 Å². The second-order valence-electron chi connectivity index (χ2n) is 9.29. The zero-order valence-electron chi connectivity index (χ0n) is 17.1. The average Bonchev–Trinajstić information content (AvgIpc) is 2.92. The number of morpholine rings is 1. The molecule has 0 saturated carbocycles. The van der Waals surface area contributed by atoms with Crippen molar-refractivity contribution in [1.82, 2.24) is 9.80 Å². The van der Waals surface area contributed by atoms with Gasteiger partial charge in [-0.15, -0.1) is 0 Å². The molecule has 0 radical (unpaired) electrons. The standard InChI is InChI=1S/C21H40N2O2/c1-18(2)8-5-11-22-14-15-25-19(17-22)16-21(3,4)10-7-13-23-12-6-9-20(23)24/h18-19H,5-17H2,1-4H3. The van der Waals surface area contributed by atoms with Crippen molar-refractivity contribution in [3.8, 4) is 0 Å². The summed E-state index contributed by atoms with van der Waals surface area (Å²) in [7, 11) is 0. The highest BCUT2D eigenvalue weighted by molar-refractivity contribution is 5.77. The molecule has 1 unspecified atom stereocenters. The Balaban J connectivity index is 1.66. The number of likely N-dealkylation sites (tertiary alicyclic amines) is 1. The second kappa shape index (κ2) is 9.91. The van der Waals surface area contributed by atoms with Gasteiger partial charge >= 0.3 is 0 Å². The lowest BCUT2D eigenvalue weighted by molar-refractivity contribution is -0.127. The average molecular weight is 353 g/mol. The van der Waals surface area contributed by atoms with Crippen molar-refractivity contribution in [1.29, 1.82) is 0 Å². The van der Waals surface area contributed by atoms with E-state index in [1.54, 1.807) is 0 Å². The molecule has 2 saturated heterocycles. The topological polar surface area (TPSA) is 32.8 Å². The molecule has 0 aromatic rings. The first-order valence-corrected chi connectivity index (χ1v) is 10.5. The van der Waals surface area contributed by atoms with Crippen molar-refractivity contribution in [3.05, 3.63) is 0 Å². The fraction of sp³-hybridized carbons (Fsp3) is 0.952. The van der Waals surface area contributed by atoms with Gasteiger partial charge in [0.25, 0.3) is 0 Å². The fourth-order valence-corrected chi connectivity index (χ4v) is 4.24. The fourth-order valence-electron chi connectivity index (χ4n) is 4.24. The van der Waals surface area contributed by atoms with Crippen LogP contribution in [0.2, 0.25) is 0 Å². The smallest absolute Gasteiger partial charge is 0.222 e. The molecule has 2 aliphatic rings. The zero-order chi connectivity index (χ0) is 18.3. The van der Waals surface area contributed by atoms with Gasteiger partial charge in [0.2, 0.25) is 5.91 Å². The summed E-state index contributed by atoms with van der Waals surface area (Å²) in [5, 5.41) is 0. The van der Waals surface area contributed by atoms with Gasteiger partial charge in [0, 0.05) is 32.6 Å². The van der Waals surface area contributed by atoms with Crippen LogP contribution in [0.4, 0.5) is 0 Å². The molecule has 4 heteroatoms. The van der Waals surface area contributed by atoms with E-state index < -0.39 is 0 Å². The highest BCUT2D eigenvalue weighted by Crippen LogP contribution is 2.31. The second-order valence-corrected chi connectivity index (χ2v) is 9.29. The Kier molecular flexibility index (Phi) is 8.21. The minimum absolute atomic E-state index is 0.286. The van der Waals surface area contributed by atoms with Gasteiger partial charge in [-0.2, -0.15) is 0 Å². The summed E-state index contributed by atoms with van der Waals surface area (Å²) in [5.41, 5.74) is 0.286. The normalized spacial score (nSPS) is 23.0. The minimum Gasteiger partial charge on any atom is -0.376 e. The third-order valence-corrected chi connectivity index (χ3v) is 5.71. The van der Waals surface area contributed by atoms with E-state index in [1.807, 2.05) is 4.90 Å². The molecule has 4 nitrogen and oxygen atoms in total. The first-order chi connectivity index (χ1) is 11.9. The van der Waals surface area contributed by atoms with Crippen LogP contribution in [-0.4, -0.2) is 61.1 Å². The zero-order valence-corrected chi connectivity index (χ0v) is 17.1. The van der Waals surface area contributed by atoms with E-state index in [0.29, 0.717) is 12.0 Å². The Morgan fingerprint density at radius 2 is 2.00 bits per heavy atom. The number of carbonyl (C=O) groups is 1. The summed E-state index contributed by atoms with van der Waals surface area (Å²) < 4.78 is 6.06. The molecule has 2 fully saturated rings. The Morgan fingerprint density at radius 3 is 2.68 bits per heavy atom. The molecule has 1 atom stereocenters. The van der Waals surface area contributed by atoms with E-state index in [-0.39, 0.29) is 5.41 Å². The molecule has 0 spiro atoms. The molecule has 25 heavy (non-hydrogen) atoms. The molecule has 2 heterocycles. The lowest BCUT2D eigenvalue weighted by Crippen LogP contribution is -2.44. The SMILES string of the molecule is CC(C)CCCN1CCOC(CC(C)(C)CCCN2CCCC2=O)C1. The maximum absolute atomic E-state index is 11.7. The van der Waals surface area contributed by atoms with Gasteiger partial charge in [-0.3, -0.25) is 9.69 Å². The number of rotatable bonds is 10. The Labute approximate surface area is 155 Å². The Morgan fingerprint density at radius 1 is 1.20 bits per heavy atom. The first kappa shape index (κ1) is 20.7. The van der Waals surface area contributed by atoms with Crippen LogP contribution in [0, 0.1) is 11.3 Å². The number of ether oxygens (including phenoxy) is 1. The van der Waals surface area contributed by atoms with Gasteiger partial charge in [-0.25, -0.2) is 0 Å². The monoisotopic (exact) mass is 352 g/mol. The maximum atomic E-state index is 11.7. The summed E-state index contributed by atoms with van der Waals surface area (Å²) in [5.74, 6) is 1.16. The van der Waals surface area contributed by atoms with Crippen LogP contribution in [0.1, 0.15) is 72.6 Å². The number of hydrogen-bond donors (Lipinski definition) is 0. The van der Waals surface area contributed by atoms with E-state index >= 15 is 0 Å². The summed E-state index contributed by atoms with van der Waals surface area (Å²) in [6.07, 6.45) is 8.21. The van der Waals surface area contributed by atoms with Crippen molar-refractivity contribution in [2.24, 2.45) is 11.3 Å². The predicted octanol–water partition coefficient (Wildman–Crippen LogP) is 3.94. The van der Waals surface area contributed by atoms with E-state index in [4.69, 9.17) is 4.74 Å². The number of nitrogens with zero attached hydrogens (tertiary/aromatic N) is 2. The van der Waals surface area contributed by atoms with Crippen molar-refractivity contribution in [2.45, 2.75) is 78.7 Å². The quantitative estimate of drug-likeness (QED) is 0.597. The Hall–Kier alpha value is -0.610. The van der Waals surface area contributed by atoms with Crippen molar-refractivity contribution < 1.29 is 9.53 Å². The van der Waals surface area contributed by atoms with Crippen LogP contribution in [-0.2, 0) is 9.53 Å². The third kappa shape index (κ3) is 7.65. The molecule has 0 aliphatic carbocycles. The van der Waals surface area contributed by atoms with Crippen LogP contribution in [0.5, 0.6) is 0 Å². The van der Waals surface area contributed by atoms with Gasteiger partial charge in [0.1, 0.15) is 0 Å².